The van der Waals surface area contributed by atoms with Crippen LogP contribution in [0.3, 0.4) is 0 Å². The number of methoxy groups -OCH3 is 1. The molecule has 18 heavy (non-hydrogen) atoms. The number of piperidine rings is 1. The topological polar surface area (TPSA) is 32.8 Å². The van der Waals surface area contributed by atoms with Gasteiger partial charge in [0.2, 0.25) is 0 Å². The fourth-order valence-electron chi connectivity index (χ4n) is 2.62. The van der Waals surface area contributed by atoms with Gasteiger partial charge in [0.25, 0.3) is 0 Å². The zero-order chi connectivity index (χ0) is 13.4. The van der Waals surface area contributed by atoms with Crippen molar-refractivity contribution >= 4 is 6.03 Å². The van der Waals surface area contributed by atoms with E-state index in [-0.39, 0.29) is 6.03 Å². The van der Waals surface area contributed by atoms with E-state index in [9.17, 15) is 4.79 Å². The van der Waals surface area contributed by atoms with E-state index >= 15 is 0 Å². The van der Waals surface area contributed by atoms with Gasteiger partial charge >= 0.3 is 6.03 Å². The number of rotatable bonds is 6. The number of ether oxygens (including phenoxy) is 1. The van der Waals surface area contributed by atoms with E-state index in [1.807, 2.05) is 9.80 Å². The fourth-order valence-corrected chi connectivity index (χ4v) is 2.62. The van der Waals surface area contributed by atoms with Crippen molar-refractivity contribution in [3.8, 4) is 0 Å². The highest BCUT2D eigenvalue weighted by Gasteiger charge is 2.26. The molecule has 0 N–H and O–H groups in total. The van der Waals surface area contributed by atoms with E-state index in [1.165, 1.54) is 6.42 Å². The van der Waals surface area contributed by atoms with Crippen LogP contribution in [-0.2, 0) is 4.74 Å². The van der Waals surface area contributed by atoms with E-state index in [0.29, 0.717) is 19.2 Å². The summed E-state index contributed by atoms with van der Waals surface area (Å²) in [7, 11) is 1.69. The fraction of sp³-hybridized carbons (Fsp3) is 0.929. The number of likely N-dealkylation sites (tertiary alicyclic amines) is 1. The van der Waals surface area contributed by atoms with E-state index in [2.05, 4.69) is 13.8 Å². The van der Waals surface area contributed by atoms with Gasteiger partial charge in [-0.3, -0.25) is 0 Å². The van der Waals surface area contributed by atoms with Gasteiger partial charge in [-0.05, 0) is 32.1 Å². The van der Waals surface area contributed by atoms with Gasteiger partial charge in [-0.25, -0.2) is 4.79 Å². The molecule has 0 radical (unpaired) electrons. The Morgan fingerprint density at radius 3 is 2.33 bits per heavy atom. The largest absolute Gasteiger partial charge is 0.383 e. The summed E-state index contributed by atoms with van der Waals surface area (Å²) in [4.78, 5) is 16.6. The van der Waals surface area contributed by atoms with Crippen LogP contribution in [0.1, 0.15) is 46.0 Å². The van der Waals surface area contributed by atoms with Gasteiger partial charge in [0.1, 0.15) is 0 Å². The molecule has 0 aromatic heterocycles. The number of carbonyl (C=O) groups excluding carboxylic acids is 1. The Labute approximate surface area is 111 Å². The summed E-state index contributed by atoms with van der Waals surface area (Å²) in [5.41, 5.74) is 0. The molecule has 0 unspecified atom stereocenters. The van der Waals surface area contributed by atoms with E-state index < -0.39 is 0 Å². The summed E-state index contributed by atoms with van der Waals surface area (Å²) in [6.45, 7) is 7.47. The third kappa shape index (κ3) is 4.16. The van der Waals surface area contributed by atoms with Crippen molar-refractivity contribution in [1.29, 1.82) is 0 Å². The molecule has 4 heteroatoms. The SMILES string of the molecule is CCC(CC)N(CCOC)C(=O)N1CCCCC1. The van der Waals surface area contributed by atoms with Gasteiger partial charge in [0, 0.05) is 32.8 Å². The van der Waals surface area contributed by atoms with Crippen molar-refractivity contribution in [2.45, 2.75) is 52.0 Å². The molecule has 1 fully saturated rings. The van der Waals surface area contributed by atoms with Crippen molar-refractivity contribution in [3.63, 3.8) is 0 Å². The van der Waals surface area contributed by atoms with E-state index in [1.54, 1.807) is 7.11 Å². The molecular weight excluding hydrogens is 228 g/mol. The summed E-state index contributed by atoms with van der Waals surface area (Å²) >= 11 is 0. The summed E-state index contributed by atoms with van der Waals surface area (Å²) in [5.74, 6) is 0. The van der Waals surface area contributed by atoms with Crippen LogP contribution in [0.2, 0.25) is 0 Å². The smallest absolute Gasteiger partial charge is 0.320 e. The van der Waals surface area contributed by atoms with Crippen LogP contribution in [0.5, 0.6) is 0 Å². The number of nitrogens with zero attached hydrogens (tertiary/aromatic N) is 2. The van der Waals surface area contributed by atoms with Crippen molar-refractivity contribution in [3.05, 3.63) is 0 Å². The lowest BCUT2D eigenvalue weighted by atomic mass is 10.1. The average molecular weight is 256 g/mol. The standard InChI is InChI=1S/C14H28N2O2/c1-4-13(5-2)16(11-12-18-3)14(17)15-9-7-6-8-10-15/h13H,4-12H2,1-3H3. The highest BCUT2D eigenvalue weighted by Crippen LogP contribution is 2.15. The Morgan fingerprint density at radius 1 is 1.22 bits per heavy atom. The monoisotopic (exact) mass is 256 g/mol. The van der Waals surface area contributed by atoms with Crippen LogP contribution in [-0.4, -0.2) is 55.2 Å². The van der Waals surface area contributed by atoms with Crippen molar-refractivity contribution in [2.24, 2.45) is 0 Å². The summed E-state index contributed by atoms with van der Waals surface area (Å²) in [5, 5.41) is 0. The van der Waals surface area contributed by atoms with Gasteiger partial charge < -0.3 is 14.5 Å². The lowest BCUT2D eigenvalue weighted by molar-refractivity contribution is 0.0973. The second kappa shape index (κ2) is 8.35. The van der Waals surface area contributed by atoms with Crippen LogP contribution < -0.4 is 0 Å². The quantitative estimate of drug-likeness (QED) is 0.732. The van der Waals surface area contributed by atoms with Gasteiger partial charge in [-0.15, -0.1) is 0 Å². The first-order chi connectivity index (χ1) is 8.74. The highest BCUT2D eigenvalue weighted by molar-refractivity contribution is 5.75. The molecule has 4 nitrogen and oxygen atoms in total. The Bertz CT molecular complexity index is 236. The number of hydrogen-bond donors (Lipinski definition) is 0. The maximum absolute atomic E-state index is 12.6. The molecule has 1 saturated heterocycles. The van der Waals surface area contributed by atoms with Crippen molar-refractivity contribution < 1.29 is 9.53 Å². The number of hydrogen-bond acceptors (Lipinski definition) is 2. The first-order valence-corrected chi connectivity index (χ1v) is 7.29. The van der Waals surface area contributed by atoms with Crippen molar-refractivity contribution in [1.82, 2.24) is 9.80 Å². The average Bonchev–Trinajstić information content (AvgIpc) is 2.43. The van der Waals surface area contributed by atoms with Crippen LogP contribution in [0.15, 0.2) is 0 Å². The lowest BCUT2D eigenvalue weighted by Gasteiger charge is -2.37. The molecule has 1 heterocycles. The molecule has 0 atom stereocenters. The molecule has 1 rings (SSSR count). The molecule has 2 amide bonds. The Hall–Kier alpha value is -0.770. The summed E-state index contributed by atoms with van der Waals surface area (Å²) in [6.07, 6.45) is 5.58. The third-order valence-electron chi connectivity index (χ3n) is 3.79. The van der Waals surface area contributed by atoms with E-state index in [4.69, 9.17) is 4.74 Å². The Morgan fingerprint density at radius 2 is 1.83 bits per heavy atom. The zero-order valence-electron chi connectivity index (χ0n) is 12.2. The summed E-state index contributed by atoms with van der Waals surface area (Å²) < 4.78 is 5.14. The minimum absolute atomic E-state index is 0.209. The van der Waals surface area contributed by atoms with Crippen LogP contribution >= 0.6 is 0 Å². The first-order valence-electron chi connectivity index (χ1n) is 7.29. The molecule has 1 aliphatic heterocycles. The lowest BCUT2D eigenvalue weighted by Crippen LogP contribution is -2.50. The van der Waals surface area contributed by atoms with Gasteiger partial charge in [-0.1, -0.05) is 13.8 Å². The molecule has 1 aliphatic rings. The third-order valence-corrected chi connectivity index (χ3v) is 3.79. The zero-order valence-corrected chi connectivity index (χ0v) is 12.2. The molecule has 0 aromatic rings. The van der Waals surface area contributed by atoms with Crippen LogP contribution in [0.25, 0.3) is 0 Å². The first kappa shape index (κ1) is 15.3. The van der Waals surface area contributed by atoms with E-state index in [0.717, 1.165) is 38.8 Å². The van der Waals surface area contributed by atoms with Gasteiger partial charge in [-0.2, -0.15) is 0 Å². The highest BCUT2D eigenvalue weighted by atomic mass is 16.5. The Kier molecular flexibility index (Phi) is 7.09. The van der Waals surface area contributed by atoms with Crippen LogP contribution in [0, 0.1) is 0 Å². The minimum atomic E-state index is 0.209. The predicted octanol–water partition coefficient (Wildman–Crippen LogP) is 2.73. The van der Waals surface area contributed by atoms with Gasteiger partial charge in [0.05, 0.1) is 6.61 Å². The maximum Gasteiger partial charge on any atom is 0.320 e. The van der Waals surface area contributed by atoms with Gasteiger partial charge in [0.15, 0.2) is 0 Å². The van der Waals surface area contributed by atoms with Crippen LogP contribution in [0.4, 0.5) is 4.79 Å². The molecule has 106 valence electrons. The normalized spacial score (nSPS) is 16.1. The molecular formula is C14H28N2O2. The molecule has 0 aliphatic carbocycles. The second-order valence-corrected chi connectivity index (χ2v) is 4.99. The minimum Gasteiger partial charge on any atom is -0.383 e. The molecule has 0 saturated carbocycles. The number of amides is 2. The number of urea groups is 1. The maximum atomic E-state index is 12.6. The predicted molar refractivity (Wildman–Crippen MR) is 73.8 cm³/mol. The Balaban J connectivity index is 2.63. The summed E-state index contributed by atoms with van der Waals surface area (Å²) in [6, 6.07) is 0.551. The van der Waals surface area contributed by atoms with Crippen molar-refractivity contribution in [2.75, 3.05) is 33.4 Å². The second-order valence-electron chi connectivity index (χ2n) is 4.99. The number of carbonyl (C=O) groups is 1. The molecule has 0 aromatic carbocycles. The molecule has 0 spiro atoms. The molecule has 0 bridgehead atoms.